The van der Waals surface area contributed by atoms with Gasteiger partial charge >= 0.3 is 0 Å². The summed E-state index contributed by atoms with van der Waals surface area (Å²) in [6, 6.07) is 8.62. The van der Waals surface area contributed by atoms with Gasteiger partial charge in [0.15, 0.2) is 9.84 Å². The highest BCUT2D eigenvalue weighted by Gasteiger charge is 2.27. The number of benzene rings is 1. The first kappa shape index (κ1) is 17.0. The maximum absolute atomic E-state index is 12.4. The Kier molecular flexibility index (Phi) is 5.62. The molecule has 122 valence electrons. The lowest BCUT2D eigenvalue weighted by Gasteiger charge is -2.32. The summed E-state index contributed by atoms with van der Waals surface area (Å²) in [6.07, 6.45) is 2.12. The van der Waals surface area contributed by atoms with Gasteiger partial charge in [-0.25, -0.2) is 8.42 Å². The molecule has 1 aliphatic heterocycles. The van der Waals surface area contributed by atoms with Crippen LogP contribution in [0, 0.1) is 11.8 Å². The lowest BCUT2D eigenvalue weighted by molar-refractivity contribution is -0.133. The molecule has 1 amide bonds. The second kappa shape index (κ2) is 7.27. The first-order valence-corrected chi connectivity index (χ1v) is 9.59. The van der Waals surface area contributed by atoms with Crippen molar-refractivity contribution in [2.75, 3.05) is 18.8 Å². The van der Waals surface area contributed by atoms with E-state index in [1.165, 1.54) is 0 Å². The largest absolute Gasteiger partial charge is 0.343 e. The standard InChI is InChI=1S/C17H25NO3S/c1-14(2)12-17(19)18-10-8-15(9-11-18)13-22(20,21)16-6-4-3-5-7-16/h3-7,14-15H,8-13H2,1-2H3. The summed E-state index contributed by atoms with van der Waals surface area (Å²) < 4.78 is 24.8. The summed E-state index contributed by atoms with van der Waals surface area (Å²) in [4.78, 5) is 14.3. The number of sulfone groups is 1. The normalized spacial score (nSPS) is 17.0. The van der Waals surface area contributed by atoms with Crippen LogP contribution in [-0.2, 0) is 14.6 Å². The summed E-state index contributed by atoms with van der Waals surface area (Å²) in [5.74, 6) is 0.889. The minimum atomic E-state index is -3.22. The Balaban J connectivity index is 1.89. The van der Waals surface area contributed by atoms with Crippen LogP contribution in [0.2, 0.25) is 0 Å². The molecule has 0 aromatic heterocycles. The molecule has 0 atom stereocenters. The number of carbonyl (C=O) groups is 1. The molecule has 22 heavy (non-hydrogen) atoms. The highest BCUT2D eigenvalue weighted by atomic mass is 32.2. The molecule has 1 aliphatic rings. The van der Waals surface area contributed by atoms with Crippen molar-refractivity contribution in [3.8, 4) is 0 Å². The molecule has 1 aromatic carbocycles. The van der Waals surface area contributed by atoms with Crippen LogP contribution in [0.4, 0.5) is 0 Å². The predicted octanol–water partition coefficient (Wildman–Crippen LogP) is 2.75. The summed E-state index contributed by atoms with van der Waals surface area (Å²) in [7, 11) is -3.22. The van der Waals surface area contributed by atoms with Gasteiger partial charge in [-0.1, -0.05) is 32.0 Å². The van der Waals surface area contributed by atoms with Gasteiger partial charge in [0.1, 0.15) is 0 Å². The Morgan fingerprint density at radius 3 is 2.32 bits per heavy atom. The van der Waals surface area contributed by atoms with Crippen LogP contribution in [0.5, 0.6) is 0 Å². The first-order valence-electron chi connectivity index (χ1n) is 7.94. The van der Waals surface area contributed by atoms with Gasteiger partial charge in [0, 0.05) is 19.5 Å². The second-order valence-corrected chi connectivity index (χ2v) is 8.55. The molecule has 0 spiro atoms. The third kappa shape index (κ3) is 4.57. The number of amides is 1. The highest BCUT2D eigenvalue weighted by molar-refractivity contribution is 7.91. The van der Waals surface area contributed by atoms with Crippen LogP contribution < -0.4 is 0 Å². The van der Waals surface area contributed by atoms with E-state index >= 15 is 0 Å². The Morgan fingerprint density at radius 2 is 1.77 bits per heavy atom. The fourth-order valence-corrected chi connectivity index (χ4v) is 4.58. The van der Waals surface area contributed by atoms with Crippen molar-refractivity contribution >= 4 is 15.7 Å². The Bertz CT molecular complexity index is 588. The molecule has 0 bridgehead atoms. The smallest absolute Gasteiger partial charge is 0.222 e. The third-order valence-corrected chi connectivity index (χ3v) is 6.01. The van der Waals surface area contributed by atoms with Crippen molar-refractivity contribution in [3.05, 3.63) is 30.3 Å². The zero-order valence-corrected chi connectivity index (χ0v) is 14.2. The van der Waals surface area contributed by atoms with E-state index in [1.54, 1.807) is 24.3 Å². The van der Waals surface area contributed by atoms with Crippen molar-refractivity contribution in [1.29, 1.82) is 0 Å². The quantitative estimate of drug-likeness (QED) is 0.837. The van der Waals surface area contributed by atoms with Gasteiger partial charge in [-0.05, 0) is 36.8 Å². The van der Waals surface area contributed by atoms with Crippen molar-refractivity contribution in [2.45, 2.75) is 38.0 Å². The van der Waals surface area contributed by atoms with Gasteiger partial charge in [-0.15, -0.1) is 0 Å². The topological polar surface area (TPSA) is 54.5 Å². The summed E-state index contributed by atoms with van der Waals surface area (Å²) in [6.45, 7) is 5.44. The molecule has 0 saturated carbocycles. The monoisotopic (exact) mass is 323 g/mol. The van der Waals surface area contributed by atoms with Crippen molar-refractivity contribution in [3.63, 3.8) is 0 Å². The minimum Gasteiger partial charge on any atom is -0.343 e. The average molecular weight is 323 g/mol. The maximum Gasteiger partial charge on any atom is 0.222 e. The molecule has 1 saturated heterocycles. The van der Waals surface area contributed by atoms with Crippen LogP contribution in [0.1, 0.15) is 33.1 Å². The van der Waals surface area contributed by atoms with Gasteiger partial charge in [0.05, 0.1) is 10.6 Å². The number of hydrogen-bond donors (Lipinski definition) is 0. The minimum absolute atomic E-state index is 0.147. The average Bonchev–Trinajstić information content (AvgIpc) is 2.48. The lowest BCUT2D eigenvalue weighted by Crippen LogP contribution is -2.40. The molecule has 1 aromatic rings. The van der Waals surface area contributed by atoms with E-state index in [4.69, 9.17) is 0 Å². The van der Waals surface area contributed by atoms with Gasteiger partial charge in [0.25, 0.3) is 0 Å². The van der Waals surface area contributed by atoms with E-state index < -0.39 is 9.84 Å². The number of carbonyl (C=O) groups excluding carboxylic acids is 1. The third-order valence-electron chi connectivity index (χ3n) is 4.11. The molecule has 1 heterocycles. The van der Waals surface area contributed by atoms with Crippen LogP contribution in [0.15, 0.2) is 35.2 Å². The molecule has 5 heteroatoms. The van der Waals surface area contributed by atoms with Crippen LogP contribution >= 0.6 is 0 Å². The molecule has 1 fully saturated rings. The van der Waals surface area contributed by atoms with E-state index in [2.05, 4.69) is 0 Å². The molecular weight excluding hydrogens is 298 g/mol. The molecule has 0 unspecified atom stereocenters. The molecule has 0 N–H and O–H groups in total. The van der Waals surface area contributed by atoms with E-state index in [0.29, 0.717) is 30.3 Å². The van der Waals surface area contributed by atoms with Gasteiger partial charge < -0.3 is 4.90 Å². The molecular formula is C17H25NO3S. The first-order chi connectivity index (χ1) is 10.4. The molecule has 0 radical (unpaired) electrons. The van der Waals surface area contributed by atoms with E-state index in [0.717, 1.165) is 12.8 Å². The molecule has 0 aliphatic carbocycles. The molecule has 4 nitrogen and oxygen atoms in total. The zero-order valence-electron chi connectivity index (χ0n) is 13.4. The van der Waals surface area contributed by atoms with Gasteiger partial charge in [-0.2, -0.15) is 0 Å². The summed E-state index contributed by atoms with van der Waals surface area (Å²) in [5, 5.41) is 0. The fraction of sp³-hybridized carbons (Fsp3) is 0.588. The Labute approximate surface area is 133 Å². The van der Waals surface area contributed by atoms with E-state index in [-0.39, 0.29) is 17.6 Å². The second-order valence-electron chi connectivity index (χ2n) is 6.52. The molecule has 2 rings (SSSR count). The van der Waals surface area contributed by atoms with Gasteiger partial charge in [-0.3, -0.25) is 4.79 Å². The SMILES string of the molecule is CC(C)CC(=O)N1CCC(CS(=O)(=O)c2ccccc2)CC1. The number of nitrogens with zero attached hydrogens (tertiary/aromatic N) is 1. The Morgan fingerprint density at radius 1 is 1.18 bits per heavy atom. The number of likely N-dealkylation sites (tertiary alicyclic amines) is 1. The zero-order chi connectivity index (χ0) is 16.2. The predicted molar refractivity (Wildman–Crippen MR) is 87.3 cm³/mol. The fourth-order valence-electron chi connectivity index (χ4n) is 2.86. The highest BCUT2D eigenvalue weighted by Crippen LogP contribution is 2.23. The lowest BCUT2D eigenvalue weighted by atomic mass is 9.98. The number of hydrogen-bond acceptors (Lipinski definition) is 3. The van der Waals surface area contributed by atoms with E-state index in [9.17, 15) is 13.2 Å². The van der Waals surface area contributed by atoms with Crippen molar-refractivity contribution < 1.29 is 13.2 Å². The van der Waals surface area contributed by atoms with E-state index in [1.807, 2.05) is 24.8 Å². The van der Waals surface area contributed by atoms with Crippen molar-refractivity contribution in [1.82, 2.24) is 4.90 Å². The maximum atomic E-state index is 12.4. The summed E-state index contributed by atoms with van der Waals surface area (Å²) >= 11 is 0. The number of piperidine rings is 1. The van der Waals surface area contributed by atoms with Crippen LogP contribution in [0.25, 0.3) is 0 Å². The van der Waals surface area contributed by atoms with Crippen LogP contribution in [-0.4, -0.2) is 38.1 Å². The number of rotatable bonds is 5. The van der Waals surface area contributed by atoms with Crippen molar-refractivity contribution in [2.24, 2.45) is 11.8 Å². The van der Waals surface area contributed by atoms with Gasteiger partial charge in [0.2, 0.25) is 5.91 Å². The summed E-state index contributed by atoms with van der Waals surface area (Å²) in [5.41, 5.74) is 0. The Hall–Kier alpha value is -1.36. The van der Waals surface area contributed by atoms with Crippen LogP contribution in [0.3, 0.4) is 0 Å².